The highest BCUT2D eigenvalue weighted by atomic mass is 35.5. The molecule has 138 valence electrons. The predicted octanol–water partition coefficient (Wildman–Crippen LogP) is 3.47. The minimum atomic E-state index is -0.166. The van der Waals surface area contributed by atoms with Crippen LogP contribution in [0.2, 0.25) is 5.02 Å². The second kappa shape index (κ2) is 7.06. The number of nitrogens with zero attached hydrogens (tertiary/aromatic N) is 3. The summed E-state index contributed by atoms with van der Waals surface area (Å²) >= 11 is 5.93. The van der Waals surface area contributed by atoms with Gasteiger partial charge < -0.3 is 15.3 Å². The van der Waals surface area contributed by atoms with Gasteiger partial charge in [0, 0.05) is 66.1 Å². The second-order valence-electron chi connectivity index (χ2n) is 6.60. The summed E-state index contributed by atoms with van der Waals surface area (Å²) in [5, 5.41) is 30.1. The number of benzene rings is 2. The van der Waals surface area contributed by atoms with Crippen molar-refractivity contribution < 1.29 is 15.3 Å². The minimum absolute atomic E-state index is 0.118. The lowest BCUT2D eigenvalue weighted by Gasteiger charge is -2.28. The van der Waals surface area contributed by atoms with Crippen LogP contribution >= 0.6 is 11.6 Å². The molecular weight excluding hydrogens is 366 g/mol. The molecule has 3 aromatic rings. The van der Waals surface area contributed by atoms with Crippen molar-refractivity contribution in [2.24, 2.45) is 0 Å². The van der Waals surface area contributed by atoms with Gasteiger partial charge in [-0.15, -0.1) is 0 Å². The van der Waals surface area contributed by atoms with Gasteiger partial charge in [0.25, 0.3) is 0 Å². The molecule has 0 amide bonds. The van der Waals surface area contributed by atoms with E-state index in [0.717, 1.165) is 29.8 Å². The van der Waals surface area contributed by atoms with Crippen LogP contribution in [-0.4, -0.2) is 36.7 Å². The first kappa shape index (κ1) is 17.6. The highest BCUT2D eigenvalue weighted by molar-refractivity contribution is 6.30. The molecule has 3 N–H and O–H groups in total. The van der Waals surface area contributed by atoms with E-state index in [9.17, 15) is 15.3 Å². The maximum Gasteiger partial charge on any atom is 0.159 e. The maximum atomic E-state index is 10.00. The Morgan fingerprint density at radius 2 is 1.74 bits per heavy atom. The van der Waals surface area contributed by atoms with Crippen molar-refractivity contribution in [2.45, 2.75) is 19.5 Å². The number of hydrogen-bond donors (Lipinski definition) is 3. The minimum Gasteiger partial charge on any atom is -0.508 e. The first-order valence-electron chi connectivity index (χ1n) is 8.56. The standard InChI is InChI=1S/C20H18ClN3O3/c21-14-3-1-12(2-4-14)20-22-9-13-10-24(6-5-17(13)23-20)11-16-18(26)7-15(25)8-19(16)27/h1-4,7-9,25-27H,5-6,10-11H2. The quantitative estimate of drug-likeness (QED) is 0.641. The van der Waals surface area contributed by atoms with Gasteiger partial charge in [0.15, 0.2) is 5.82 Å². The third-order valence-electron chi connectivity index (χ3n) is 4.68. The van der Waals surface area contributed by atoms with E-state index in [1.165, 1.54) is 12.1 Å². The smallest absolute Gasteiger partial charge is 0.159 e. The highest BCUT2D eigenvalue weighted by Gasteiger charge is 2.21. The average molecular weight is 384 g/mol. The van der Waals surface area contributed by atoms with Crippen LogP contribution in [0.3, 0.4) is 0 Å². The van der Waals surface area contributed by atoms with Crippen molar-refractivity contribution in [3.8, 4) is 28.6 Å². The van der Waals surface area contributed by atoms with Crippen molar-refractivity contribution >= 4 is 11.6 Å². The normalized spacial score (nSPS) is 14.1. The fourth-order valence-electron chi connectivity index (χ4n) is 3.26. The van der Waals surface area contributed by atoms with E-state index in [2.05, 4.69) is 14.9 Å². The molecule has 1 aliphatic rings. The monoisotopic (exact) mass is 383 g/mol. The lowest BCUT2D eigenvalue weighted by molar-refractivity contribution is 0.236. The van der Waals surface area contributed by atoms with Crippen LogP contribution in [0.15, 0.2) is 42.6 Å². The molecule has 2 heterocycles. The van der Waals surface area contributed by atoms with E-state index in [4.69, 9.17) is 11.6 Å². The lowest BCUT2D eigenvalue weighted by atomic mass is 10.0. The molecule has 0 bridgehead atoms. The molecule has 0 radical (unpaired) electrons. The van der Waals surface area contributed by atoms with Gasteiger partial charge in [0.1, 0.15) is 17.2 Å². The molecule has 0 saturated heterocycles. The number of aromatic hydroxyl groups is 3. The maximum absolute atomic E-state index is 10.00. The number of rotatable bonds is 3. The van der Waals surface area contributed by atoms with Crippen LogP contribution in [0.4, 0.5) is 0 Å². The summed E-state index contributed by atoms with van der Waals surface area (Å²) < 4.78 is 0. The fourth-order valence-corrected chi connectivity index (χ4v) is 3.39. The summed E-state index contributed by atoms with van der Waals surface area (Å²) in [5.41, 5.74) is 3.35. The van der Waals surface area contributed by atoms with E-state index >= 15 is 0 Å². The molecule has 0 fully saturated rings. The third-order valence-corrected chi connectivity index (χ3v) is 4.94. The van der Waals surface area contributed by atoms with Gasteiger partial charge in [-0.2, -0.15) is 0 Å². The Labute approximate surface area is 161 Å². The molecule has 1 aliphatic heterocycles. The van der Waals surface area contributed by atoms with E-state index in [1.54, 1.807) is 0 Å². The van der Waals surface area contributed by atoms with Crippen LogP contribution in [0.25, 0.3) is 11.4 Å². The fraction of sp³-hybridized carbons (Fsp3) is 0.200. The Hall–Kier alpha value is -2.83. The number of fused-ring (bicyclic) bond motifs is 1. The molecule has 0 spiro atoms. The molecule has 27 heavy (non-hydrogen) atoms. The molecular formula is C20H18ClN3O3. The number of phenolic OH excluding ortho intramolecular Hbond substituents is 3. The SMILES string of the molecule is Oc1cc(O)c(CN2CCc3nc(-c4ccc(Cl)cc4)ncc3C2)c(O)c1. The zero-order valence-corrected chi connectivity index (χ0v) is 15.2. The Morgan fingerprint density at radius 3 is 2.44 bits per heavy atom. The van der Waals surface area contributed by atoms with Gasteiger partial charge in [-0.1, -0.05) is 11.6 Å². The van der Waals surface area contributed by atoms with Crippen molar-refractivity contribution in [3.63, 3.8) is 0 Å². The molecule has 0 atom stereocenters. The van der Waals surface area contributed by atoms with Crippen LogP contribution in [0.1, 0.15) is 16.8 Å². The Bertz CT molecular complexity index is 969. The molecule has 0 aliphatic carbocycles. The van der Waals surface area contributed by atoms with E-state index in [0.29, 0.717) is 29.5 Å². The number of hydrogen-bond acceptors (Lipinski definition) is 6. The Morgan fingerprint density at radius 1 is 1.04 bits per heavy atom. The summed E-state index contributed by atoms with van der Waals surface area (Å²) in [6.45, 7) is 1.73. The van der Waals surface area contributed by atoms with Crippen molar-refractivity contribution in [1.29, 1.82) is 0 Å². The van der Waals surface area contributed by atoms with E-state index in [1.807, 2.05) is 30.5 Å². The Balaban J connectivity index is 1.53. The lowest BCUT2D eigenvalue weighted by Crippen LogP contribution is -2.31. The van der Waals surface area contributed by atoms with Gasteiger partial charge in [-0.05, 0) is 24.3 Å². The molecule has 7 heteroatoms. The van der Waals surface area contributed by atoms with Gasteiger partial charge >= 0.3 is 0 Å². The topological polar surface area (TPSA) is 89.7 Å². The van der Waals surface area contributed by atoms with E-state index in [-0.39, 0.29) is 17.2 Å². The van der Waals surface area contributed by atoms with Gasteiger partial charge in [-0.3, -0.25) is 4.90 Å². The number of phenols is 3. The first-order chi connectivity index (χ1) is 13.0. The summed E-state index contributed by atoms with van der Waals surface area (Å²) in [6.07, 6.45) is 2.58. The summed E-state index contributed by atoms with van der Waals surface area (Å²) in [6, 6.07) is 9.89. The molecule has 4 rings (SSSR count). The van der Waals surface area contributed by atoms with Crippen LogP contribution in [0.5, 0.6) is 17.2 Å². The van der Waals surface area contributed by atoms with Gasteiger partial charge in [0.2, 0.25) is 0 Å². The predicted molar refractivity (Wildman–Crippen MR) is 102 cm³/mol. The van der Waals surface area contributed by atoms with E-state index < -0.39 is 0 Å². The molecule has 0 unspecified atom stereocenters. The van der Waals surface area contributed by atoms with Crippen LogP contribution in [-0.2, 0) is 19.5 Å². The van der Waals surface area contributed by atoms with Crippen molar-refractivity contribution in [1.82, 2.24) is 14.9 Å². The van der Waals surface area contributed by atoms with Crippen molar-refractivity contribution in [2.75, 3.05) is 6.54 Å². The Kier molecular flexibility index (Phi) is 4.59. The van der Waals surface area contributed by atoms with Crippen LogP contribution in [0, 0.1) is 0 Å². The second-order valence-corrected chi connectivity index (χ2v) is 7.03. The van der Waals surface area contributed by atoms with Gasteiger partial charge in [-0.25, -0.2) is 9.97 Å². The summed E-state index contributed by atoms with van der Waals surface area (Å²) in [4.78, 5) is 11.3. The van der Waals surface area contributed by atoms with Gasteiger partial charge in [0.05, 0.1) is 5.69 Å². The molecule has 2 aromatic carbocycles. The molecule has 0 saturated carbocycles. The average Bonchev–Trinajstić information content (AvgIpc) is 2.65. The number of aromatic nitrogens is 2. The number of halogens is 1. The largest absolute Gasteiger partial charge is 0.508 e. The zero-order valence-electron chi connectivity index (χ0n) is 14.4. The highest BCUT2D eigenvalue weighted by Crippen LogP contribution is 2.34. The first-order valence-corrected chi connectivity index (χ1v) is 8.94. The zero-order chi connectivity index (χ0) is 19.0. The summed E-state index contributed by atoms with van der Waals surface area (Å²) in [5.74, 6) is 0.272. The summed E-state index contributed by atoms with van der Waals surface area (Å²) in [7, 11) is 0. The van der Waals surface area contributed by atoms with Crippen molar-refractivity contribution in [3.05, 3.63) is 64.4 Å². The van der Waals surface area contributed by atoms with Crippen LogP contribution < -0.4 is 0 Å². The molecule has 6 nitrogen and oxygen atoms in total. The molecule has 1 aromatic heterocycles. The third kappa shape index (κ3) is 3.67.